The second-order valence-corrected chi connectivity index (χ2v) is 2.91. The zero-order valence-corrected chi connectivity index (χ0v) is 7.71. The average Bonchev–Trinajstić information content (AvgIpc) is 2.15. The van der Waals surface area contributed by atoms with E-state index in [4.69, 9.17) is 0 Å². The molecular weight excluding hydrogens is 186 g/mol. The van der Waals surface area contributed by atoms with Crippen LogP contribution in [0.2, 0.25) is 0 Å². The van der Waals surface area contributed by atoms with Crippen molar-refractivity contribution in [3.63, 3.8) is 0 Å². The largest absolute Gasteiger partial charge is 0.295 e. The van der Waals surface area contributed by atoms with Gasteiger partial charge in [-0.2, -0.15) is 0 Å². The Morgan fingerprint density at radius 2 is 2.14 bits per heavy atom. The number of alkyl halides is 2. The standard InChI is InChI=1S/C11H10F2O/c1-8(14)5-6-9-3-2-4-10(7-9)11(12)13/h2-7,11H,1H3/b6-5+. The Morgan fingerprint density at radius 3 is 2.71 bits per heavy atom. The third kappa shape index (κ3) is 3.09. The summed E-state index contributed by atoms with van der Waals surface area (Å²) in [7, 11) is 0. The van der Waals surface area contributed by atoms with E-state index in [0.29, 0.717) is 5.56 Å². The van der Waals surface area contributed by atoms with Gasteiger partial charge in [-0.3, -0.25) is 4.79 Å². The molecule has 0 aliphatic rings. The Kier molecular flexibility index (Phi) is 3.51. The maximum atomic E-state index is 12.3. The number of carbonyl (C=O) groups excluding carboxylic acids is 1. The quantitative estimate of drug-likeness (QED) is 0.678. The van der Waals surface area contributed by atoms with Gasteiger partial charge in [-0.25, -0.2) is 8.78 Å². The first kappa shape index (κ1) is 10.6. The van der Waals surface area contributed by atoms with Crippen LogP contribution >= 0.6 is 0 Å². The summed E-state index contributed by atoms with van der Waals surface area (Å²) in [6.07, 6.45) is 0.402. The van der Waals surface area contributed by atoms with E-state index in [-0.39, 0.29) is 11.3 Å². The van der Waals surface area contributed by atoms with E-state index in [1.807, 2.05) is 0 Å². The first-order chi connectivity index (χ1) is 6.59. The lowest BCUT2D eigenvalue weighted by Crippen LogP contribution is -1.85. The second kappa shape index (κ2) is 4.65. The zero-order valence-electron chi connectivity index (χ0n) is 7.71. The highest BCUT2D eigenvalue weighted by molar-refractivity contribution is 5.91. The lowest BCUT2D eigenvalue weighted by Gasteiger charge is -1.99. The molecule has 0 N–H and O–H groups in total. The van der Waals surface area contributed by atoms with Gasteiger partial charge in [0.15, 0.2) is 5.78 Å². The molecule has 1 rings (SSSR count). The second-order valence-electron chi connectivity index (χ2n) is 2.91. The molecule has 1 aromatic carbocycles. The van der Waals surface area contributed by atoms with Gasteiger partial charge in [0.1, 0.15) is 0 Å². The first-order valence-electron chi connectivity index (χ1n) is 4.16. The van der Waals surface area contributed by atoms with Crippen LogP contribution in [0, 0.1) is 0 Å². The van der Waals surface area contributed by atoms with Crippen LogP contribution in [-0.4, -0.2) is 5.78 Å². The van der Waals surface area contributed by atoms with Crippen LogP contribution in [0.15, 0.2) is 30.3 Å². The number of rotatable bonds is 3. The van der Waals surface area contributed by atoms with Crippen LogP contribution in [0.1, 0.15) is 24.5 Å². The van der Waals surface area contributed by atoms with Gasteiger partial charge in [-0.1, -0.05) is 24.3 Å². The summed E-state index contributed by atoms with van der Waals surface area (Å²) < 4.78 is 24.5. The van der Waals surface area contributed by atoms with E-state index < -0.39 is 6.43 Å². The summed E-state index contributed by atoms with van der Waals surface area (Å²) in [6.45, 7) is 1.41. The van der Waals surface area contributed by atoms with Gasteiger partial charge in [-0.05, 0) is 24.6 Å². The van der Waals surface area contributed by atoms with Gasteiger partial charge in [-0.15, -0.1) is 0 Å². The van der Waals surface area contributed by atoms with Gasteiger partial charge < -0.3 is 0 Å². The number of hydrogen-bond donors (Lipinski definition) is 0. The smallest absolute Gasteiger partial charge is 0.263 e. The minimum atomic E-state index is -2.47. The molecule has 0 spiro atoms. The maximum Gasteiger partial charge on any atom is 0.263 e. The van der Waals surface area contributed by atoms with Crippen molar-refractivity contribution in [3.05, 3.63) is 41.5 Å². The highest BCUT2D eigenvalue weighted by atomic mass is 19.3. The van der Waals surface area contributed by atoms with Crippen molar-refractivity contribution in [3.8, 4) is 0 Å². The number of benzene rings is 1. The van der Waals surface area contributed by atoms with Crippen LogP contribution in [0.25, 0.3) is 6.08 Å². The number of ketones is 1. The van der Waals surface area contributed by atoms with Gasteiger partial charge in [0.25, 0.3) is 6.43 Å². The van der Waals surface area contributed by atoms with Crippen LogP contribution in [0.5, 0.6) is 0 Å². The fraction of sp³-hybridized carbons (Fsp3) is 0.182. The zero-order chi connectivity index (χ0) is 10.6. The molecule has 0 amide bonds. The van der Waals surface area contributed by atoms with Gasteiger partial charge in [0.2, 0.25) is 0 Å². The summed E-state index contributed by atoms with van der Waals surface area (Å²) in [5.41, 5.74) is 0.578. The molecule has 0 fully saturated rings. The Bertz CT molecular complexity index is 356. The molecular formula is C11H10F2O. The van der Waals surface area contributed by atoms with Crippen molar-refractivity contribution in [2.75, 3.05) is 0 Å². The predicted octanol–water partition coefficient (Wildman–Crippen LogP) is 3.23. The fourth-order valence-electron chi connectivity index (χ4n) is 1.01. The molecule has 0 aliphatic heterocycles. The van der Waals surface area contributed by atoms with E-state index in [1.165, 1.54) is 31.2 Å². The van der Waals surface area contributed by atoms with Crippen LogP contribution in [0.4, 0.5) is 8.78 Å². The summed E-state index contributed by atoms with van der Waals surface area (Å²) in [5.74, 6) is -0.104. The van der Waals surface area contributed by atoms with Crippen LogP contribution in [0.3, 0.4) is 0 Å². The van der Waals surface area contributed by atoms with Crippen LogP contribution < -0.4 is 0 Å². The van der Waals surface area contributed by atoms with Crippen molar-refractivity contribution in [2.24, 2.45) is 0 Å². The van der Waals surface area contributed by atoms with Crippen molar-refractivity contribution < 1.29 is 13.6 Å². The molecule has 0 aromatic heterocycles. The maximum absolute atomic E-state index is 12.3. The Labute approximate surface area is 81.1 Å². The molecule has 0 radical (unpaired) electrons. The van der Waals surface area contributed by atoms with E-state index in [2.05, 4.69) is 0 Å². The van der Waals surface area contributed by atoms with Crippen molar-refractivity contribution >= 4 is 11.9 Å². The fourth-order valence-corrected chi connectivity index (χ4v) is 1.01. The van der Waals surface area contributed by atoms with Crippen molar-refractivity contribution in [1.82, 2.24) is 0 Å². The van der Waals surface area contributed by atoms with Crippen LogP contribution in [-0.2, 0) is 4.79 Å². The molecule has 0 bridgehead atoms. The van der Waals surface area contributed by atoms with E-state index in [0.717, 1.165) is 0 Å². The normalized spacial score (nSPS) is 11.1. The highest BCUT2D eigenvalue weighted by Crippen LogP contribution is 2.19. The molecule has 0 atom stereocenters. The number of allylic oxidation sites excluding steroid dienone is 1. The van der Waals surface area contributed by atoms with Gasteiger partial charge >= 0.3 is 0 Å². The molecule has 0 saturated carbocycles. The van der Waals surface area contributed by atoms with E-state index in [9.17, 15) is 13.6 Å². The third-order valence-corrected chi connectivity index (χ3v) is 1.67. The van der Waals surface area contributed by atoms with Crippen molar-refractivity contribution in [1.29, 1.82) is 0 Å². The summed E-state index contributed by atoms with van der Waals surface area (Å²) >= 11 is 0. The number of hydrogen-bond acceptors (Lipinski definition) is 1. The minimum Gasteiger partial charge on any atom is -0.295 e. The van der Waals surface area contributed by atoms with E-state index in [1.54, 1.807) is 12.1 Å². The molecule has 3 heteroatoms. The third-order valence-electron chi connectivity index (χ3n) is 1.67. The Morgan fingerprint density at radius 1 is 1.43 bits per heavy atom. The molecule has 14 heavy (non-hydrogen) atoms. The minimum absolute atomic E-state index is 0.0318. The molecule has 0 unspecified atom stereocenters. The van der Waals surface area contributed by atoms with E-state index >= 15 is 0 Å². The lowest BCUT2D eigenvalue weighted by atomic mass is 10.1. The summed E-state index contributed by atoms with van der Waals surface area (Å²) in [6, 6.07) is 5.94. The molecule has 1 aromatic rings. The average molecular weight is 196 g/mol. The topological polar surface area (TPSA) is 17.1 Å². The molecule has 1 nitrogen and oxygen atoms in total. The van der Waals surface area contributed by atoms with Gasteiger partial charge in [0.05, 0.1) is 0 Å². The molecule has 0 saturated heterocycles. The van der Waals surface area contributed by atoms with Gasteiger partial charge in [0, 0.05) is 5.56 Å². The number of halogens is 2. The SMILES string of the molecule is CC(=O)/C=C/c1cccc(C(F)F)c1. The molecule has 74 valence electrons. The van der Waals surface area contributed by atoms with Crippen molar-refractivity contribution in [2.45, 2.75) is 13.3 Å². The molecule has 0 heterocycles. The summed E-state index contributed by atoms with van der Waals surface area (Å²) in [4.78, 5) is 10.6. The summed E-state index contributed by atoms with van der Waals surface area (Å²) in [5, 5.41) is 0. The molecule has 0 aliphatic carbocycles. The Balaban J connectivity index is 2.89. The highest BCUT2D eigenvalue weighted by Gasteiger charge is 2.05. The lowest BCUT2D eigenvalue weighted by molar-refractivity contribution is -0.112. The monoisotopic (exact) mass is 196 g/mol. The number of carbonyl (C=O) groups is 1. The first-order valence-corrected chi connectivity index (χ1v) is 4.16. The Hall–Kier alpha value is -1.51. The predicted molar refractivity (Wildman–Crippen MR) is 51.1 cm³/mol.